The van der Waals surface area contributed by atoms with Crippen LogP contribution in [0.25, 0.3) is 11.1 Å². The fraction of sp³-hybridized carbons (Fsp3) is 0.500. The molecule has 2 saturated heterocycles. The summed E-state index contributed by atoms with van der Waals surface area (Å²) in [4.78, 5) is 78.8. The molecule has 4 atom stereocenters. The molecular formula is C36H48N6O8. The predicted octanol–water partition coefficient (Wildman–Crippen LogP) is 3.69. The number of likely N-dealkylation sites (tertiary alicyclic amines) is 2. The van der Waals surface area contributed by atoms with Crippen LogP contribution in [0.5, 0.6) is 0 Å². The van der Waals surface area contributed by atoms with Crippen LogP contribution >= 0.6 is 0 Å². The minimum absolute atomic E-state index is 0.146. The smallest absolute Gasteiger partial charge is 0.407 e. The highest BCUT2D eigenvalue weighted by Crippen LogP contribution is 2.26. The number of amides is 6. The highest BCUT2D eigenvalue weighted by atomic mass is 16.5. The molecule has 0 spiro atoms. The van der Waals surface area contributed by atoms with Gasteiger partial charge in [-0.15, -0.1) is 0 Å². The molecule has 0 unspecified atom stereocenters. The molecule has 0 saturated carbocycles. The number of rotatable bonds is 11. The lowest BCUT2D eigenvalue weighted by molar-refractivity contribution is -0.134. The van der Waals surface area contributed by atoms with Gasteiger partial charge in [0.2, 0.25) is 23.6 Å². The molecule has 50 heavy (non-hydrogen) atoms. The fourth-order valence-corrected chi connectivity index (χ4v) is 6.12. The van der Waals surface area contributed by atoms with E-state index in [-0.39, 0.29) is 60.4 Å². The average molecular weight is 693 g/mol. The van der Waals surface area contributed by atoms with E-state index in [1.165, 1.54) is 14.2 Å². The van der Waals surface area contributed by atoms with Crippen LogP contribution in [0.2, 0.25) is 0 Å². The monoisotopic (exact) mass is 692 g/mol. The summed E-state index contributed by atoms with van der Waals surface area (Å²) in [5.41, 5.74) is 3.09. The third kappa shape index (κ3) is 9.51. The Kier molecular flexibility index (Phi) is 12.8. The van der Waals surface area contributed by atoms with Crippen molar-refractivity contribution in [3.8, 4) is 11.1 Å². The van der Waals surface area contributed by atoms with Crippen molar-refractivity contribution in [3.05, 3.63) is 48.5 Å². The topological polar surface area (TPSA) is 175 Å². The summed E-state index contributed by atoms with van der Waals surface area (Å²) in [7, 11) is 2.49. The van der Waals surface area contributed by atoms with Crippen LogP contribution in [0.1, 0.15) is 40.5 Å². The molecule has 270 valence electrons. The van der Waals surface area contributed by atoms with Gasteiger partial charge in [-0.25, -0.2) is 9.59 Å². The maximum atomic E-state index is 13.1. The van der Waals surface area contributed by atoms with Gasteiger partial charge in [0.15, 0.2) is 0 Å². The Morgan fingerprint density at radius 3 is 1.24 bits per heavy atom. The number of methoxy groups -OCH3 is 2. The Morgan fingerprint density at radius 1 is 0.600 bits per heavy atom. The second-order valence-corrected chi connectivity index (χ2v) is 13.4. The first-order chi connectivity index (χ1) is 23.8. The first-order valence-corrected chi connectivity index (χ1v) is 16.9. The summed E-state index contributed by atoms with van der Waals surface area (Å²) in [6.07, 6.45) is -0.308. The second kappa shape index (κ2) is 17.0. The van der Waals surface area contributed by atoms with Crippen LogP contribution in [0.4, 0.5) is 21.0 Å². The van der Waals surface area contributed by atoms with Crippen molar-refractivity contribution < 1.29 is 38.2 Å². The minimum Gasteiger partial charge on any atom is -0.453 e. The molecule has 0 aromatic heterocycles. The highest BCUT2D eigenvalue weighted by Gasteiger charge is 2.37. The van der Waals surface area contributed by atoms with Crippen molar-refractivity contribution in [2.75, 3.05) is 51.0 Å². The summed E-state index contributed by atoms with van der Waals surface area (Å²) in [5, 5.41) is 11.1. The van der Waals surface area contributed by atoms with Gasteiger partial charge in [-0.2, -0.15) is 0 Å². The molecule has 6 amide bonds. The van der Waals surface area contributed by atoms with Crippen LogP contribution in [0.15, 0.2) is 48.5 Å². The lowest BCUT2D eigenvalue weighted by Gasteiger charge is -2.26. The van der Waals surface area contributed by atoms with Gasteiger partial charge in [0.25, 0.3) is 0 Å². The number of benzene rings is 2. The van der Waals surface area contributed by atoms with Crippen molar-refractivity contribution in [2.24, 2.45) is 23.7 Å². The molecule has 2 heterocycles. The van der Waals surface area contributed by atoms with E-state index >= 15 is 0 Å². The lowest BCUT2D eigenvalue weighted by atomic mass is 10.0. The van der Waals surface area contributed by atoms with Gasteiger partial charge in [-0.3, -0.25) is 19.2 Å². The first kappa shape index (κ1) is 37.7. The van der Waals surface area contributed by atoms with Crippen molar-refractivity contribution in [3.63, 3.8) is 0 Å². The number of alkyl carbamates (subject to hydrolysis) is 2. The number of hydrogen-bond donors (Lipinski definition) is 4. The van der Waals surface area contributed by atoms with E-state index in [9.17, 15) is 28.8 Å². The highest BCUT2D eigenvalue weighted by molar-refractivity contribution is 5.95. The lowest BCUT2D eigenvalue weighted by Crippen LogP contribution is -2.50. The largest absolute Gasteiger partial charge is 0.453 e. The quantitative estimate of drug-likeness (QED) is 0.276. The number of ether oxygens (including phenoxy) is 2. The Morgan fingerprint density at radius 2 is 0.940 bits per heavy atom. The van der Waals surface area contributed by atoms with E-state index in [1.54, 1.807) is 9.80 Å². The summed E-state index contributed by atoms with van der Waals surface area (Å²) in [6.45, 7) is 8.72. The second-order valence-electron chi connectivity index (χ2n) is 13.4. The van der Waals surface area contributed by atoms with Crippen LogP contribution < -0.4 is 21.3 Å². The zero-order chi connectivity index (χ0) is 36.5. The molecule has 0 bridgehead atoms. The summed E-state index contributed by atoms with van der Waals surface area (Å²) in [5.74, 6) is -1.87. The molecule has 2 aromatic carbocycles. The molecule has 14 nitrogen and oxygen atoms in total. The molecule has 2 aliphatic heterocycles. The van der Waals surface area contributed by atoms with E-state index < -0.39 is 24.3 Å². The Bertz CT molecular complexity index is 1430. The van der Waals surface area contributed by atoms with Crippen molar-refractivity contribution in [1.82, 2.24) is 20.4 Å². The number of nitrogens with one attached hydrogen (secondary N) is 4. The third-order valence-electron chi connectivity index (χ3n) is 9.16. The first-order valence-electron chi connectivity index (χ1n) is 16.9. The van der Waals surface area contributed by atoms with Crippen LogP contribution in [-0.2, 0) is 28.7 Å². The molecule has 2 aliphatic rings. The molecular weight excluding hydrogens is 644 g/mol. The van der Waals surface area contributed by atoms with E-state index in [1.807, 2.05) is 76.2 Å². The standard InChI is InChI=1S/C36H48N6O8/c1-21(2)29(39-35(47)49-5)33(45)41-17-15-25(19-41)31(43)37-27-11-7-23(8-12-27)24-9-13-28(14-10-24)38-32(44)26-16-18-42(20-26)34(46)30(22(3)4)40-36(48)50-6/h7-14,21-22,25-26,29-30H,15-20H2,1-6H3,(H,37,43)(H,38,44)(H,39,47)(H,40,48)/t25-,26+,29-,30+. The van der Waals surface area contributed by atoms with E-state index in [0.717, 1.165) is 11.1 Å². The van der Waals surface area contributed by atoms with Gasteiger partial charge in [-0.1, -0.05) is 52.0 Å². The van der Waals surface area contributed by atoms with Crippen LogP contribution in [0.3, 0.4) is 0 Å². The van der Waals surface area contributed by atoms with Crippen molar-refractivity contribution in [1.29, 1.82) is 0 Å². The molecule has 14 heteroatoms. The molecule has 2 aromatic rings. The number of anilines is 2. The van der Waals surface area contributed by atoms with Gasteiger partial charge >= 0.3 is 12.2 Å². The van der Waals surface area contributed by atoms with Gasteiger partial charge in [0.05, 0.1) is 26.1 Å². The van der Waals surface area contributed by atoms with Gasteiger partial charge in [0, 0.05) is 37.6 Å². The summed E-state index contributed by atoms with van der Waals surface area (Å²) < 4.78 is 9.30. The maximum absolute atomic E-state index is 13.1. The van der Waals surface area contributed by atoms with Crippen molar-refractivity contribution in [2.45, 2.75) is 52.6 Å². The summed E-state index contributed by atoms with van der Waals surface area (Å²) >= 11 is 0. The maximum Gasteiger partial charge on any atom is 0.407 e. The molecule has 0 radical (unpaired) electrons. The van der Waals surface area contributed by atoms with Gasteiger partial charge in [-0.05, 0) is 60.1 Å². The molecule has 4 N–H and O–H groups in total. The SMILES string of the molecule is COC(=O)N[C@H](C(=O)N1CC[C@H](C(=O)Nc2ccc(-c3ccc(NC(=O)[C@@H]4CCN(C(=O)[C@H](NC(=O)OC)C(C)C)C4)cc3)cc2)C1)C(C)C. The number of nitrogens with zero attached hydrogens (tertiary/aromatic N) is 2. The minimum atomic E-state index is -0.737. The zero-order valence-corrected chi connectivity index (χ0v) is 29.5. The van der Waals surface area contributed by atoms with Crippen LogP contribution in [-0.4, -0.2) is 98.1 Å². The molecule has 0 aliphatic carbocycles. The Hall–Kier alpha value is -5.14. The zero-order valence-electron chi connectivity index (χ0n) is 29.5. The van der Waals surface area contributed by atoms with Gasteiger partial charge in [0.1, 0.15) is 12.1 Å². The fourth-order valence-electron chi connectivity index (χ4n) is 6.12. The number of hydrogen-bond acceptors (Lipinski definition) is 8. The molecule has 2 fully saturated rings. The summed E-state index contributed by atoms with van der Waals surface area (Å²) in [6, 6.07) is 13.3. The van der Waals surface area contributed by atoms with E-state index in [4.69, 9.17) is 0 Å². The Balaban J connectivity index is 1.27. The van der Waals surface area contributed by atoms with E-state index in [0.29, 0.717) is 37.3 Å². The predicted molar refractivity (Wildman–Crippen MR) is 187 cm³/mol. The number of carbonyl (C=O) groups excluding carboxylic acids is 6. The number of carbonyl (C=O) groups is 6. The van der Waals surface area contributed by atoms with Crippen molar-refractivity contribution >= 4 is 47.2 Å². The average Bonchev–Trinajstić information content (AvgIpc) is 3.81. The van der Waals surface area contributed by atoms with E-state index in [2.05, 4.69) is 30.7 Å². The third-order valence-corrected chi connectivity index (χ3v) is 9.16. The molecule has 4 rings (SSSR count). The van der Waals surface area contributed by atoms with Crippen LogP contribution in [0, 0.1) is 23.7 Å². The van der Waals surface area contributed by atoms with Gasteiger partial charge < -0.3 is 40.5 Å². The Labute approximate surface area is 292 Å². The normalized spacial score (nSPS) is 18.3.